The summed E-state index contributed by atoms with van der Waals surface area (Å²) < 4.78 is 44.4. The molecule has 0 unspecified atom stereocenters. The largest absolute Gasteiger partial charge is 0.378 e. The molecule has 1 aromatic heterocycles. The number of benzene rings is 1. The van der Waals surface area contributed by atoms with Crippen molar-refractivity contribution >= 4 is 23.5 Å². The highest BCUT2D eigenvalue weighted by atomic mass is 19.3. The number of alkyl halides is 2. The standard InChI is InChI=1S/C21H22F3N5O4/c1-13-2-5-17(16(22)10-13)29(21(32)28-6-8-33-9-7-28)12-15-4-3-14(11-25-15)19(30)26-27-20(31)18(23)24/h2-5,10-11,18H,6-9,12H2,1H3,(H,26,30)(H,27,31). The van der Waals surface area contributed by atoms with E-state index in [1.54, 1.807) is 23.3 Å². The number of pyridine rings is 1. The summed E-state index contributed by atoms with van der Waals surface area (Å²) in [6.45, 7) is 3.12. The lowest BCUT2D eigenvalue weighted by molar-refractivity contribution is -0.132. The molecule has 1 aromatic carbocycles. The molecule has 12 heteroatoms. The van der Waals surface area contributed by atoms with Gasteiger partial charge < -0.3 is 9.64 Å². The lowest BCUT2D eigenvalue weighted by atomic mass is 10.2. The van der Waals surface area contributed by atoms with Gasteiger partial charge in [0.25, 0.3) is 5.91 Å². The van der Waals surface area contributed by atoms with E-state index in [0.717, 1.165) is 6.20 Å². The van der Waals surface area contributed by atoms with Crippen LogP contribution in [0.25, 0.3) is 0 Å². The van der Waals surface area contributed by atoms with Crippen molar-refractivity contribution in [3.8, 4) is 0 Å². The number of anilines is 1. The number of morpholine rings is 1. The van der Waals surface area contributed by atoms with Crippen LogP contribution in [0.2, 0.25) is 0 Å². The predicted octanol–water partition coefficient (Wildman–Crippen LogP) is 2.01. The molecule has 4 amide bonds. The first-order chi connectivity index (χ1) is 15.8. The molecule has 1 aliphatic heterocycles. The molecule has 33 heavy (non-hydrogen) atoms. The number of amides is 4. The van der Waals surface area contributed by atoms with Gasteiger partial charge in [0.05, 0.1) is 36.7 Å². The average Bonchev–Trinajstić information content (AvgIpc) is 2.81. The Bertz CT molecular complexity index is 1010. The summed E-state index contributed by atoms with van der Waals surface area (Å²) >= 11 is 0. The Morgan fingerprint density at radius 2 is 1.88 bits per heavy atom. The van der Waals surface area contributed by atoms with E-state index in [2.05, 4.69) is 4.98 Å². The van der Waals surface area contributed by atoms with Gasteiger partial charge in [-0.3, -0.25) is 30.3 Å². The number of aryl methyl sites for hydroxylation is 1. The van der Waals surface area contributed by atoms with E-state index in [1.165, 1.54) is 29.2 Å². The second kappa shape index (κ2) is 10.8. The van der Waals surface area contributed by atoms with E-state index in [1.807, 2.05) is 5.43 Å². The van der Waals surface area contributed by atoms with Gasteiger partial charge in [-0.05, 0) is 36.8 Å². The Morgan fingerprint density at radius 1 is 1.15 bits per heavy atom. The van der Waals surface area contributed by atoms with E-state index >= 15 is 0 Å². The van der Waals surface area contributed by atoms with Crippen molar-refractivity contribution in [2.45, 2.75) is 19.9 Å². The van der Waals surface area contributed by atoms with Crippen LogP contribution in [0.5, 0.6) is 0 Å². The van der Waals surface area contributed by atoms with Gasteiger partial charge >= 0.3 is 18.4 Å². The summed E-state index contributed by atoms with van der Waals surface area (Å²) in [4.78, 5) is 42.9. The minimum absolute atomic E-state index is 0.0131. The highest BCUT2D eigenvalue weighted by Gasteiger charge is 2.27. The smallest absolute Gasteiger partial charge is 0.325 e. The number of hydrogen-bond acceptors (Lipinski definition) is 5. The number of hydrogen-bond donors (Lipinski definition) is 2. The number of aromatic nitrogens is 1. The van der Waals surface area contributed by atoms with Crippen molar-refractivity contribution in [1.82, 2.24) is 20.7 Å². The van der Waals surface area contributed by atoms with Crippen LogP contribution in [0.3, 0.4) is 0 Å². The maximum Gasteiger partial charge on any atom is 0.325 e. The van der Waals surface area contributed by atoms with Crippen molar-refractivity contribution < 1.29 is 32.3 Å². The molecule has 0 radical (unpaired) electrons. The first kappa shape index (κ1) is 24.0. The highest BCUT2D eigenvalue weighted by Crippen LogP contribution is 2.24. The molecule has 3 rings (SSSR count). The molecule has 176 valence electrons. The third kappa shape index (κ3) is 6.19. The SMILES string of the molecule is Cc1ccc(N(Cc2ccc(C(=O)NNC(=O)C(F)F)cn2)C(=O)N2CCOCC2)c(F)c1. The van der Waals surface area contributed by atoms with E-state index in [0.29, 0.717) is 37.6 Å². The second-order valence-corrected chi connectivity index (χ2v) is 7.21. The van der Waals surface area contributed by atoms with Crippen LogP contribution in [0, 0.1) is 12.7 Å². The van der Waals surface area contributed by atoms with Gasteiger partial charge in [-0.25, -0.2) is 9.18 Å². The molecular formula is C21H22F3N5O4. The van der Waals surface area contributed by atoms with Crippen molar-refractivity contribution in [2.24, 2.45) is 0 Å². The maximum absolute atomic E-state index is 14.7. The van der Waals surface area contributed by atoms with Crippen molar-refractivity contribution in [2.75, 3.05) is 31.2 Å². The van der Waals surface area contributed by atoms with Gasteiger partial charge in [0.1, 0.15) is 5.82 Å². The third-order valence-electron chi connectivity index (χ3n) is 4.81. The topological polar surface area (TPSA) is 104 Å². The Balaban J connectivity index is 1.77. The molecule has 0 bridgehead atoms. The van der Waals surface area contributed by atoms with Crippen LogP contribution < -0.4 is 15.8 Å². The molecule has 2 heterocycles. The van der Waals surface area contributed by atoms with E-state index < -0.39 is 30.1 Å². The van der Waals surface area contributed by atoms with Crippen LogP contribution in [0.4, 0.5) is 23.7 Å². The zero-order valence-corrected chi connectivity index (χ0v) is 17.7. The highest BCUT2D eigenvalue weighted by molar-refractivity contribution is 5.95. The number of carbonyl (C=O) groups is 3. The Kier molecular flexibility index (Phi) is 7.83. The van der Waals surface area contributed by atoms with E-state index in [-0.39, 0.29) is 17.8 Å². The van der Waals surface area contributed by atoms with Gasteiger partial charge in [0.15, 0.2) is 0 Å². The number of carbonyl (C=O) groups excluding carboxylic acids is 3. The van der Waals surface area contributed by atoms with E-state index in [9.17, 15) is 27.6 Å². The summed E-state index contributed by atoms with van der Waals surface area (Å²) in [5.74, 6) is -3.07. The first-order valence-corrected chi connectivity index (χ1v) is 10.00. The summed E-state index contributed by atoms with van der Waals surface area (Å²) in [6, 6.07) is 6.89. The fourth-order valence-electron chi connectivity index (χ4n) is 3.07. The van der Waals surface area contributed by atoms with Crippen LogP contribution in [-0.2, 0) is 16.1 Å². The molecule has 1 aliphatic rings. The van der Waals surface area contributed by atoms with Crippen LogP contribution in [0.1, 0.15) is 21.6 Å². The summed E-state index contributed by atoms with van der Waals surface area (Å²) in [7, 11) is 0. The van der Waals surface area contributed by atoms with Crippen LogP contribution in [-0.4, -0.2) is 60.5 Å². The van der Waals surface area contributed by atoms with Crippen molar-refractivity contribution in [3.05, 3.63) is 59.2 Å². The van der Waals surface area contributed by atoms with Crippen molar-refractivity contribution in [1.29, 1.82) is 0 Å². The molecule has 1 saturated heterocycles. The second-order valence-electron chi connectivity index (χ2n) is 7.21. The molecule has 9 nitrogen and oxygen atoms in total. The Hall–Kier alpha value is -3.67. The fourth-order valence-corrected chi connectivity index (χ4v) is 3.07. The summed E-state index contributed by atoms with van der Waals surface area (Å²) in [6.07, 6.45) is -2.12. The fraction of sp³-hybridized carbons (Fsp3) is 0.333. The van der Waals surface area contributed by atoms with Gasteiger partial charge in [-0.1, -0.05) is 6.07 Å². The maximum atomic E-state index is 14.7. The lowest BCUT2D eigenvalue weighted by Crippen LogP contribution is -2.48. The molecule has 0 saturated carbocycles. The number of rotatable bonds is 5. The number of nitrogens with zero attached hydrogens (tertiary/aromatic N) is 3. The minimum atomic E-state index is -3.28. The van der Waals surface area contributed by atoms with Gasteiger partial charge in [-0.2, -0.15) is 8.78 Å². The average molecular weight is 465 g/mol. The monoisotopic (exact) mass is 465 g/mol. The van der Waals surface area contributed by atoms with Gasteiger partial charge in [-0.15, -0.1) is 0 Å². The third-order valence-corrected chi connectivity index (χ3v) is 4.81. The quantitative estimate of drug-likeness (QED) is 0.658. The molecular weight excluding hydrogens is 443 g/mol. The number of nitrogens with one attached hydrogen (secondary N) is 2. The first-order valence-electron chi connectivity index (χ1n) is 10.00. The zero-order chi connectivity index (χ0) is 24.0. The molecule has 2 N–H and O–H groups in total. The van der Waals surface area contributed by atoms with E-state index in [4.69, 9.17) is 4.74 Å². The van der Waals surface area contributed by atoms with Gasteiger partial charge in [0.2, 0.25) is 0 Å². The molecule has 0 atom stereocenters. The number of urea groups is 1. The lowest BCUT2D eigenvalue weighted by Gasteiger charge is -2.33. The Morgan fingerprint density at radius 3 is 2.48 bits per heavy atom. The molecule has 0 aliphatic carbocycles. The normalized spacial score (nSPS) is 13.5. The van der Waals surface area contributed by atoms with Crippen molar-refractivity contribution in [3.63, 3.8) is 0 Å². The molecule has 1 fully saturated rings. The Labute approximate surface area is 187 Å². The predicted molar refractivity (Wildman–Crippen MR) is 111 cm³/mol. The van der Waals surface area contributed by atoms with Crippen LogP contribution in [0.15, 0.2) is 36.5 Å². The number of hydrazine groups is 1. The van der Waals surface area contributed by atoms with Gasteiger partial charge in [0, 0.05) is 19.3 Å². The zero-order valence-electron chi connectivity index (χ0n) is 17.7. The number of halogens is 3. The summed E-state index contributed by atoms with van der Waals surface area (Å²) in [5, 5.41) is 0. The minimum Gasteiger partial charge on any atom is -0.378 e. The number of ether oxygens (including phenoxy) is 1. The summed E-state index contributed by atoms with van der Waals surface area (Å²) in [5.41, 5.74) is 4.55. The van der Waals surface area contributed by atoms with Crippen LogP contribution >= 0.6 is 0 Å². The molecule has 2 aromatic rings. The molecule has 0 spiro atoms.